The third-order valence-corrected chi connectivity index (χ3v) is 2.81. The maximum atomic E-state index is 11.8. The average Bonchev–Trinajstić information content (AvgIpc) is 2.45. The molecule has 0 spiro atoms. The number of nitrogens with two attached hydrogens (primary N) is 1. The van der Waals surface area contributed by atoms with Crippen molar-refractivity contribution in [3.05, 3.63) is 18.1 Å². The predicted molar refractivity (Wildman–Crippen MR) is 80.1 cm³/mol. The van der Waals surface area contributed by atoms with Gasteiger partial charge in [-0.3, -0.25) is 5.01 Å². The van der Waals surface area contributed by atoms with E-state index in [-0.39, 0.29) is 5.82 Å². The molecule has 0 atom stereocenters. The fourth-order valence-corrected chi connectivity index (χ4v) is 1.87. The number of rotatable bonds is 7. The molecule has 1 rings (SSSR count). The number of anilines is 1. The molecule has 0 saturated carbocycles. The number of hydrogen-bond donors (Lipinski definition) is 1. The van der Waals surface area contributed by atoms with Crippen molar-refractivity contribution in [3.8, 4) is 6.07 Å². The Labute approximate surface area is 125 Å². The minimum absolute atomic E-state index is 0.0705. The minimum atomic E-state index is -0.527. The summed E-state index contributed by atoms with van der Waals surface area (Å²) in [5.41, 5.74) is 5.50. The maximum absolute atomic E-state index is 11.8. The lowest BCUT2D eigenvalue weighted by atomic mass is 10.2. The molecule has 0 bridgehead atoms. The largest absolute Gasteiger partial charge is 0.350 e. The van der Waals surface area contributed by atoms with Crippen LogP contribution in [0.1, 0.15) is 39.4 Å². The van der Waals surface area contributed by atoms with E-state index in [1.807, 2.05) is 26.8 Å². The normalized spacial score (nSPS) is 10.2. The first-order chi connectivity index (χ1) is 9.99. The Hall–Kier alpha value is -2.36. The van der Waals surface area contributed by atoms with Crippen molar-refractivity contribution in [2.24, 2.45) is 11.7 Å². The van der Waals surface area contributed by atoms with Crippen LogP contribution in [0, 0.1) is 17.2 Å². The summed E-state index contributed by atoms with van der Waals surface area (Å²) in [6.45, 7) is 7.22. The minimum Gasteiger partial charge on any atom is -0.350 e. The van der Waals surface area contributed by atoms with Crippen molar-refractivity contribution in [1.29, 1.82) is 5.26 Å². The second-order valence-electron chi connectivity index (χ2n) is 5.14. The summed E-state index contributed by atoms with van der Waals surface area (Å²) in [4.78, 5) is 19.8. The third kappa shape index (κ3) is 4.91. The second kappa shape index (κ2) is 8.04. The van der Waals surface area contributed by atoms with Crippen LogP contribution < -0.4 is 10.7 Å². The van der Waals surface area contributed by atoms with E-state index < -0.39 is 6.03 Å². The first kappa shape index (κ1) is 16.7. The Morgan fingerprint density at radius 1 is 1.52 bits per heavy atom. The van der Waals surface area contributed by atoms with Crippen LogP contribution in [-0.2, 0) is 0 Å². The monoisotopic (exact) mass is 290 g/mol. The van der Waals surface area contributed by atoms with Crippen LogP contribution in [-0.4, -0.2) is 34.1 Å². The zero-order valence-corrected chi connectivity index (χ0v) is 12.8. The van der Waals surface area contributed by atoms with Gasteiger partial charge in [0.25, 0.3) is 0 Å². The van der Waals surface area contributed by atoms with Gasteiger partial charge in [0.2, 0.25) is 5.82 Å². The number of amides is 2. The Morgan fingerprint density at radius 2 is 2.24 bits per heavy atom. The maximum Gasteiger partial charge on any atom is 0.333 e. The Morgan fingerprint density at radius 3 is 2.76 bits per heavy atom. The fourth-order valence-electron chi connectivity index (χ4n) is 1.87. The van der Waals surface area contributed by atoms with Gasteiger partial charge in [-0.1, -0.05) is 27.2 Å². The smallest absolute Gasteiger partial charge is 0.333 e. The van der Waals surface area contributed by atoms with Crippen molar-refractivity contribution in [1.82, 2.24) is 15.0 Å². The van der Waals surface area contributed by atoms with Crippen LogP contribution in [0.4, 0.5) is 10.6 Å². The number of nitrogens with zero attached hydrogens (tertiary/aromatic N) is 5. The number of aromatic nitrogens is 2. The summed E-state index contributed by atoms with van der Waals surface area (Å²) < 4.78 is 0. The first-order valence-corrected chi connectivity index (χ1v) is 7.07. The van der Waals surface area contributed by atoms with E-state index in [0.717, 1.165) is 12.8 Å². The van der Waals surface area contributed by atoms with Crippen molar-refractivity contribution < 1.29 is 4.79 Å². The molecule has 21 heavy (non-hydrogen) atoms. The predicted octanol–water partition coefficient (Wildman–Crippen LogP) is 1.91. The molecule has 0 unspecified atom stereocenters. The Kier molecular flexibility index (Phi) is 6.40. The van der Waals surface area contributed by atoms with Crippen LogP contribution in [0.5, 0.6) is 0 Å². The number of urea groups is 1. The van der Waals surface area contributed by atoms with E-state index in [0.29, 0.717) is 24.8 Å². The highest BCUT2D eigenvalue weighted by molar-refractivity contribution is 5.74. The number of unbranched alkanes of at least 4 members (excludes halogenated alkanes) is 1. The molecule has 0 fully saturated rings. The third-order valence-electron chi connectivity index (χ3n) is 2.81. The molecule has 2 N–H and O–H groups in total. The number of carbonyl (C=O) groups is 1. The van der Waals surface area contributed by atoms with Crippen LogP contribution >= 0.6 is 0 Å². The molecule has 114 valence electrons. The molecule has 1 heterocycles. The van der Waals surface area contributed by atoms with Gasteiger partial charge in [0, 0.05) is 25.4 Å². The van der Waals surface area contributed by atoms with Crippen LogP contribution in [0.3, 0.4) is 0 Å². The molecule has 7 heteroatoms. The summed E-state index contributed by atoms with van der Waals surface area (Å²) in [5, 5.41) is 12.1. The quantitative estimate of drug-likeness (QED) is 0.773. The van der Waals surface area contributed by atoms with Gasteiger partial charge in [-0.15, -0.1) is 0 Å². The summed E-state index contributed by atoms with van der Waals surface area (Å²) in [6, 6.07) is 3.05. The van der Waals surface area contributed by atoms with Gasteiger partial charge in [-0.2, -0.15) is 10.2 Å². The van der Waals surface area contributed by atoms with Crippen LogP contribution in [0.2, 0.25) is 0 Å². The number of hydrogen-bond acceptors (Lipinski definition) is 5. The fraction of sp³-hybridized carbons (Fsp3) is 0.571. The molecular formula is C14H22N6O. The van der Waals surface area contributed by atoms with Crippen molar-refractivity contribution in [3.63, 3.8) is 0 Å². The molecule has 0 radical (unpaired) electrons. The molecule has 0 saturated heterocycles. The lowest BCUT2D eigenvalue weighted by Crippen LogP contribution is -2.51. The van der Waals surface area contributed by atoms with Gasteiger partial charge in [-0.25, -0.2) is 14.8 Å². The number of hydrazine groups is 1. The van der Waals surface area contributed by atoms with E-state index in [4.69, 9.17) is 11.0 Å². The highest BCUT2D eigenvalue weighted by atomic mass is 16.2. The van der Waals surface area contributed by atoms with Crippen molar-refractivity contribution in [2.45, 2.75) is 33.6 Å². The lowest BCUT2D eigenvalue weighted by Gasteiger charge is -2.35. The van der Waals surface area contributed by atoms with Gasteiger partial charge in [-0.05, 0) is 12.3 Å². The lowest BCUT2D eigenvalue weighted by molar-refractivity contribution is 0.197. The van der Waals surface area contributed by atoms with Gasteiger partial charge in [0.1, 0.15) is 6.07 Å². The zero-order valence-electron chi connectivity index (χ0n) is 12.8. The number of primary amides is 1. The highest BCUT2D eigenvalue weighted by Gasteiger charge is 2.21. The van der Waals surface area contributed by atoms with Crippen molar-refractivity contribution in [2.75, 3.05) is 18.1 Å². The molecular weight excluding hydrogens is 268 g/mol. The van der Waals surface area contributed by atoms with Gasteiger partial charge < -0.3 is 5.73 Å². The topological polar surface area (TPSA) is 99.1 Å². The number of nitriles is 1. The standard InChI is InChI=1S/C14H22N6O/c1-4-5-8-19(14(16)21)20(10-11(2)3)13-6-7-17-12(9-15)18-13/h6-7,11H,4-5,8,10H2,1-3H3,(H2,16,21). The van der Waals surface area contributed by atoms with Gasteiger partial charge in [0.05, 0.1) is 0 Å². The average molecular weight is 290 g/mol. The molecule has 0 aromatic carbocycles. The molecule has 1 aromatic rings. The zero-order chi connectivity index (χ0) is 15.8. The van der Waals surface area contributed by atoms with E-state index >= 15 is 0 Å². The molecule has 7 nitrogen and oxygen atoms in total. The summed E-state index contributed by atoms with van der Waals surface area (Å²) >= 11 is 0. The number of carbonyl (C=O) groups excluding carboxylic acids is 1. The summed E-state index contributed by atoms with van der Waals surface area (Å²) in [6.07, 6.45) is 3.30. The van der Waals surface area contributed by atoms with E-state index in [1.165, 1.54) is 11.2 Å². The summed E-state index contributed by atoms with van der Waals surface area (Å²) in [7, 11) is 0. The Balaban J connectivity index is 3.12. The Bertz CT molecular complexity index is 510. The molecule has 0 aliphatic carbocycles. The molecule has 0 aliphatic rings. The highest BCUT2D eigenvalue weighted by Crippen LogP contribution is 2.16. The van der Waals surface area contributed by atoms with E-state index in [1.54, 1.807) is 11.1 Å². The first-order valence-electron chi connectivity index (χ1n) is 7.07. The van der Waals surface area contributed by atoms with E-state index in [9.17, 15) is 4.79 Å². The molecule has 1 aromatic heterocycles. The molecule has 0 aliphatic heterocycles. The second-order valence-corrected chi connectivity index (χ2v) is 5.14. The van der Waals surface area contributed by atoms with Crippen LogP contribution in [0.25, 0.3) is 0 Å². The van der Waals surface area contributed by atoms with Crippen molar-refractivity contribution >= 4 is 11.8 Å². The van der Waals surface area contributed by atoms with Gasteiger partial charge in [0.15, 0.2) is 5.82 Å². The summed E-state index contributed by atoms with van der Waals surface area (Å²) in [5.74, 6) is 0.875. The van der Waals surface area contributed by atoms with E-state index in [2.05, 4.69) is 9.97 Å². The molecule has 2 amide bonds. The van der Waals surface area contributed by atoms with Gasteiger partial charge >= 0.3 is 6.03 Å². The van der Waals surface area contributed by atoms with Crippen LogP contribution in [0.15, 0.2) is 12.3 Å². The SMILES string of the molecule is CCCCN(C(N)=O)N(CC(C)C)c1ccnc(C#N)n1.